The molecule has 4 aliphatic rings. The van der Waals surface area contributed by atoms with Gasteiger partial charge in [-0.25, -0.2) is 0 Å². The van der Waals surface area contributed by atoms with Crippen molar-refractivity contribution < 1.29 is 9.53 Å². The minimum Gasteiger partial charge on any atom is -0.461 e. The number of esters is 1. The van der Waals surface area contributed by atoms with Crippen LogP contribution in [0.25, 0.3) is 0 Å². The Bertz CT molecular complexity index is 1140. The molecule has 0 radical (unpaired) electrons. The number of nitrogens with zero attached hydrogens (tertiary/aromatic N) is 2. The molecule has 2 aromatic carbocycles. The van der Waals surface area contributed by atoms with E-state index in [1.165, 1.54) is 30.4 Å². The van der Waals surface area contributed by atoms with Gasteiger partial charge in [-0.05, 0) is 53.9 Å². The van der Waals surface area contributed by atoms with Crippen LogP contribution in [0.2, 0.25) is 5.02 Å². The quantitative estimate of drug-likeness (QED) is 0.340. The van der Waals surface area contributed by atoms with Gasteiger partial charge in [0, 0.05) is 43.7 Å². The first-order valence-electron chi connectivity index (χ1n) is 14.1. The highest BCUT2D eigenvalue weighted by Gasteiger charge is 2.52. The number of allylic oxidation sites excluding steroid dienone is 1. The summed E-state index contributed by atoms with van der Waals surface area (Å²) in [5.41, 5.74) is 4.39. The van der Waals surface area contributed by atoms with Crippen molar-refractivity contribution >= 4 is 17.6 Å². The van der Waals surface area contributed by atoms with Gasteiger partial charge in [-0.3, -0.25) is 14.6 Å². The second-order valence-corrected chi connectivity index (χ2v) is 12.5. The molecule has 2 aromatic rings. The van der Waals surface area contributed by atoms with Crippen molar-refractivity contribution in [2.75, 3.05) is 32.7 Å². The van der Waals surface area contributed by atoms with E-state index in [2.05, 4.69) is 72.2 Å². The molecule has 4 nitrogen and oxygen atoms in total. The summed E-state index contributed by atoms with van der Waals surface area (Å²) in [6, 6.07) is 19.2. The predicted octanol–water partition coefficient (Wildman–Crippen LogP) is 6.36. The summed E-state index contributed by atoms with van der Waals surface area (Å²) >= 11 is 6.20. The fraction of sp³-hybridized carbons (Fsp3) is 0.531. The van der Waals surface area contributed by atoms with Crippen LogP contribution in [-0.4, -0.2) is 54.6 Å². The Hall–Kier alpha value is -2.14. The van der Waals surface area contributed by atoms with Crippen LogP contribution in [0.4, 0.5) is 0 Å². The Balaban J connectivity index is 1.15. The summed E-state index contributed by atoms with van der Waals surface area (Å²) in [4.78, 5) is 18.1. The maximum Gasteiger partial charge on any atom is 0.311 e. The van der Waals surface area contributed by atoms with Crippen molar-refractivity contribution in [2.24, 2.45) is 23.2 Å². The van der Waals surface area contributed by atoms with Gasteiger partial charge in [0.1, 0.15) is 6.10 Å². The van der Waals surface area contributed by atoms with Gasteiger partial charge in [0.2, 0.25) is 0 Å². The first-order chi connectivity index (χ1) is 17.9. The Morgan fingerprint density at radius 1 is 1.03 bits per heavy atom. The van der Waals surface area contributed by atoms with E-state index in [0.717, 1.165) is 44.2 Å². The molecule has 2 saturated heterocycles. The van der Waals surface area contributed by atoms with Crippen molar-refractivity contribution in [3.8, 4) is 0 Å². The van der Waals surface area contributed by atoms with Gasteiger partial charge in [-0.15, -0.1) is 0 Å². The third kappa shape index (κ3) is 4.89. The second-order valence-electron chi connectivity index (χ2n) is 12.0. The third-order valence-electron chi connectivity index (χ3n) is 9.61. The standard InChI is InChI=1S/C32H39ClN2O2/c1-22-7-6-14-32(2)20-29-26(19-28(22)32)27(31(36)37-29)21-34-15-17-35(18-16-34)30(23-8-4-3-5-9-23)24-10-12-25(33)13-11-24/h3-5,8-13,19,22,26-27,29-30H,6-7,14-18,20-21H2,1-2H3/t22-,26+,27+,29-,30-,32+/m1/s1. The Labute approximate surface area is 226 Å². The number of hydrogen-bond acceptors (Lipinski definition) is 4. The molecule has 0 amide bonds. The average Bonchev–Trinajstić information content (AvgIpc) is 3.19. The fourth-order valence-electron chi connectivity index (χ4n) is 7.64. The number of halogens is 1. The Morgan fingerprint density at radius 3 is 2.46 bits per heavy atom. The molecule has 196 valence electrons. The smallest absolute Gasteiger partial charge is 0.311 e. The number of piperazine rings is 1. The van der Waals surface area contributed by atoms with E-state index in [-0.39, 0.29) is 35.4 Å². The topological polar surface area (TPSA) is 32.8 Å². The molecule has 0 bridgehead atoms. The van der Waals surface area contributed by atoms with Gasteiger partial charge in [0.15, 0.2) is 0 Å². The van der Waals surface area contributed by atoms with E-state index in [4.69, 9.17) is 16.3 Å². The van der Waals surface area contributed by atoms with Crippen LogP contribution < -0.4 is 0 Å². The largest absolute Gasteiger partial charge is 0.461 e. The maximum atomic E-state index is 13.1. The number of hydrogen-bond donors (Lipinski definition) is 0. The maximum absolute atomic E-state index is 13.1. The number of carbonyl (C=O) groups excluding carboxylic acids is 1. The van der Waals surface area contributed by atoms with Gasteiger partial charge in [-0.1, -0.05) is 86.0 Å². The van der Waals surface area contributed by atoms with Crippen molar-refractivity contribution in [1.29, 1.82) is 0 Å². The SMILES string of the molecule is C[C@@H]1CCC[C@@]2(C)C[C@H]3OC(=O)[C@@H](CN4CCN([C@H](c5ccccc5)c5ccc(Cl)cc5)CC4)[C@@H]3C=C12. The molecule has 37 heavy (non-hydrogen) atoms. The normalized spacial score (nSPS) is 33.3. The summed E-state index contributed by atoms with van der Waals surface area (Å²) in [5.74, 6) is 0.846. The molecule has 0 aromatic heterocycles. The van der Waals surface area contributed by atoms with Crippen LogP contribution in [0, 0.1) is 23.2 Å². The minimum atomic E-state index is -0.0380. The van der Waals surface area contributed by atoms with Gasteiger partial charge in [0.05, 0.1) is 12.0 Å². The summed E-state index contributed by atoms with van der Waals surface area (Å²) in [6.07, 6.45) is 7.33. The van der Waals surface area contributed by atoms with Crippen LogP contribution in [0.15, 0.2) is 66.2 Å². The fourth-order valence-corrected chi connectivity index (χ4v) is 7.76. The molecule has 2 heterocycles. The van der Waals surface area contributed by atoms with Crippen molar-refractivity contribution in [2.45, 2.75) is 51.7 Å². The van der Waals surface area contributed by atoms with Gasteiger partial charge in [-0.2, -0.15) is 0 Å². The van der Waals surface area contributed by atoms with Crippen LogP contribution in [-0.2, 0) is 9.53 Å². The average molecular weight is 519 g/mol. The van der Waals surface area contributed by atoms with E-state index in [9.17, 15) is 4.79 Å². The van der Waals surface area contributed by atoms with Crippen LogP contribution in [0.1, 0.15) is 56.7 Å². The highest BCUT2D eigenvalue weighted by molar-refractivity contribution is 6.30. The molecule has 2 aliphatic carbocycles. The molecular formula is C32H39ClN2O2. The molecule has 1 saturated carbocycles. The number of rotatable bonds is 5. The number of carbonyl (C=O) groups is 1. The molecule has 0 N–H and O–H groups in total. The lowest BCUT2D eigenvalue weighted by atomic mass is 9.59. The third-order valence-corrected chi connectivity index (χ3v) is 9.86. The summed E-state index contributed by atoms with van der Waals surface area (Å²) in [6.45, 7) is 9.43. The molecule has 0 unspecified atom stereocenters. The highest BCUT2D eigenvalue weighted by Crippen LogP contribution is 2.54. The summed E-state index contributed by atoms with van der Waals surface area (Å²) < 4.78 is 6.02. The molecule has 6 atom stereocenters. The van der Waals surface area contributed by atoms with Gasteiger partial charge in [0.25, 0.3) is 0 Å². The van der Waals surface area contributed by atoms with E-state index in [1.807, 2.05) is 12.1 Å². The Morgan fingerprint density at radius 2 is 1.73 bits per heavy atom. The monoisotopic (exact) mass is 518 g/mol. The van der Waals surface area contributed by atoms with E-state index in [0.29, 0.717) is 5.92 Å². The minimum absolute atomic E-state index is 0.0208. The second kappa shape index (κ2) is 10.2. The molecule has 0 spiro atoms. The summed E-state index contributed by atoms with van der Waals surface area (Å²) in [5, 5.41) is 0.766. The van der Waals surface area contributed by atoms with Crippen molar-refractivity contribution in [3.05, 3.63) is 82.4 Å². The van der Waals surface area contributed by atoms with Crippen molar-refractivity contribution in [3.63, 3.8) is 0 Å². The number of ether oxygens (including phenoxy) is 1. The summed E-state index contributed by atoms with van der Waals surface area (Å²) in [7, 11) is 0. The van der Waals surface area contributed by atoms with Crippen LogP contribution in [0.5, 0.6) is 0 Å². The van der Waals surface area contributed by atoms with Crippen molar-refractivity contribution in [1.82, 2.24) is 9.80 Å². The first-order valence-corrected chi connectivity index (χ1v) is 14.5. The van der Waals surface area contributed by atoms with Crippen LogP contribution >= 0.6 is 11.6 Å². The molecule has 5 heteroatoms. The molecule has 6 rings (SSSR count). The van der Waals surface area contributed by atoms with E-state index < -0.39 is 0 Å². The zero-order valence-corrected chi connectivity index (χ0v) is 22.9. The lowest BCUT2D eigenvalue weighted by Crippen LogP contribution is -2.50. The lowest BCUT2D eigenvalue weighted by Gasteiger charge is -2.46. The molecule has 3 fully saturated rings. The van der Waals surface area contributed by atoms with Crippen LogP contribution in [0.3, 0.4) is 0 Å². The highest BCUT2D eigenvalue weighted by atomic mass is 35.5. The predicted molar refractivity (Wildman–Crippen MR) is 148 cm³/mol. The van der Waals surface area contributed by atoms with Gasteiger partial charge < -0.3 is 4.74 Å². The molecule has 2 aliphatic heterocycles. The number of fused-ring (bicyclic) bond motifs is 2. The zero-order valence-electron chi connectivity index (χ0n) is 22.1. The number of benzene rings is 2. The Kier molecular flexibility index (Phi) is 6.94. The zero-order chi connectivity index (χ0) is 25.6. The lowest BCUT2D eigenvalue weighted by molar-refractivity contribution is -0.145. The van der Waals surface area contributed by atoms with E-state index in [1.54, 1.807) is 5.57 Å². The molecular weight excluding hydrogens is 480 g/mol. The first kappa shape index (κ1) is 25.2. The van der Waals surface area contributed by atoms with Gasteiger partial charge >= 0.3 is 5.97 Å². The van der Waals surface area contributed by atoms with E-state index >= 15 is 0 Å².